The molecule has 1 aliphatic heterocycles. The fraction of sp³-hybridized carbons (Fsp3) is 0.222. The average Bonchev–Trinajstić information content (AvgIpc) is 3.28. The second-order valence-electron chi connectivity index (χ2n) is 7.92. The maximum absolute atomic E-state index is 12.6. The van der Waals surface area contributed by atoms with Crippen LogP contribution in [-0.4, -0.2) is 49.4 Å². The number of ether oxygens (including phenoxy) is 2. The first-order chi connectivity index (χ1) is 17.1. The van der Waals surface area contributed by atoms with E-state index in [1.165, 1.54) is 11.8 Å². The molecule has 3 aromatic rings. The molecule has 0 radical (unpaired) electrons. The lowest BCUT2D eigenvalue weighted by atomic mass is 10.1. The zero-order chi connectivity index (χ0) is 24.6. The van der Waals surface area contributed by atoms with Gasteiger partial charge in [0.25, 0.3) is 5.91 Å². The predicted octanol–water partition coefficient (Wildman–Crippen LogP) is 4.28. The van der Waals surface area contributed by atoms with Gasteiger partial charge in [-0.25, -0.2) is 5.43 Å². The maximum atomic E-state index is 12.6. The van der Waals surface area contributed by atoms with Crippen molar-refractivity contribution < 1.29 is 19.1 Å². The summed E-state index contributed by atoms with van der Waals surface area (Å²) < 4.78 is 10.5. The lowest BCUT2D eigenvalue weighted by Crippen LogP contribution is -2.30. The molecule has 180 valence electrons. The van der Waals surface area contributed by atoms with E-state index in [0.29, 0.717) is 34.9 Å². The van der Waals surface area contributed by atoms with Crippen LogP contribution >= 0.6 is 11.8 Å². The number of hydrogen-bond acceptors (Lipinski definition) is 6. The number of benzene rings is 3. The van der Waals surface area contributed by atoms with Crippen LogP contribution in [0.5, 0.6) is 11.5 Å². The SMILES string of the molecule is COc1ccc(OC)c(/C=N\NC(=O)c2ccc([C@H]3SCC(=O)N3CCc3ccccc3)cc2)c1. The number of methoxy groups -OCH3 is 2. The Labute approximate surface area is 209 Å². The van der Waals surface area contributed by atoms with Crippen molar-refractivity contribution in [2.75, 3.05) is 26.5 Å². The van der Waals surface area contributed by atoms with Gasteiger partial charge in [-0.15, -0.1) is 11.8 Å². The van der Waals surface area contributed by atoms with E-state index in [2.05, 4.69) is 22.7 Å². The van der Waals surface area contributed by atoms with Crippen LogP contribution in [0.15, 0.2) is 77.9 Å². The lowest BCUT2D eigenvalue weighted by molar-refractivity contribution is -0.128. The fourth-order valence-corrected chi connectivity index (χ4v) is 5.05. The molecule has 35 heavy (non-hydrogen) atoms. The standard InChI is InChI=1S/C27H27N3O4S/c1-33-23-12-13-24(34-2)22(16-23)17-28-29-26(32)20-8-10-21(11-9-20)27-30(25(31)18-35-27)15-14-19-6-4-3-5-7-19/h3-13,16-17,27H,14-15,18H2,1-2H3,(H,29,32)/b28-17-/t27-/m1/s1. The van der Waals surface area contributed by atoms with Gasteiger partial charge in [-0.2, -0.15) is 5.10 Å². The molecule has 1 aliphatic rings. The number of thioether (sulfide) groups is 1. The summed E-state index contributed by atoms with van der Waals surface area (Å²) in [6.45, 7) is 0.658. The van der Waals surface area contributed by atoms with E-state index in [9.17, 15) is 9.59 Å². The summed E-state index contributed by atoms with van der Waals surface area (Å²) in [5.41, 5.74) is 5.90. The summed E-state index contributed by atoms with van der Waals surface area (Å²) in [5, 5.41) is 4.01. The van der Waals surface area contributed by atoms with E-state index in [1.54, 1.807) is 56.3 Å². The Bertz CT molecular complexity index is 1200. The summed E-state index contributed by atoms with van der Waals surface area (Å²) in [4.78, 5) is 27.0. The van der Waals surface area contributed by atoms with Crippen molar-refractivity contribution in [3.63, 3.8) is 0 Å². The molecule has 1 heterocycles. The van der Waals surface area contributed by atoms with Crippen LogP contribution in [0.3, 0.4) is 0 Å². The van der Waals surface area contributed by atoms with Gasteiger partial charge >= 0.3 is 0 Å². The van der Waals surface area contributed by atoms with Crippen LogP contribution in [0, 0.1) is 0 Å². The van der Waals surface area contributed by atoms with E-state index >= 15 is 0 Å². The van der Waals surface area contributed by atoms with Gasteiger partial charge in [0.1, 0.15) is 16.9 Å². The van der Waals surface area contributed by atoms with E-state index in [1.807, 2.05) is 35.2 Å². The van der Waals surface area contributed by atoms with Gasteiger partial charge in [-0.3, -0.25) is 9.59 Å². The van der Waals surface area contributed by atoms with Crippen molar-refractivity contribution in [1.29, 1.82) is 0 Å². The molecular weight excluding hydrogens is 462 g/mol. The number of nitrogens with zero attached hydrogens (tertiary/aromatic N) is 2. The maximum Gasteiger partial charge on any atom is 0.271 e. The Balaban J connectivity index is 1.38. The number of rotatable bonds is 9. The lowest BCUT2D eigenvalue weighted by Gasteiger charge is -2.24. The highest BCUT2D eigenvalue weighted by Gasteiger charge is 2.32. The molecule has 3 aromatic carbocycles. The molecule has 0 spiro atoms. The summed E-state index contributed by atoms with van der Waals surface area (Å²) in [7, 11) is 3.15. The monoisotopic (exact) mass is 489 g/mol. The highest BCUT2D eigenvalue weighted by atomic mass is 32.2. The topological polar surface area (TPSA) is 80.2 Å². The van der Waals surface area contributed by atoms with Gasteiger partial charge in [-0.1, -0.05) is 42.5 Å². The van der Waals surface area contributed by atoms with E-state index in [0.717, 1.165) is 12.0 Å². The van der Waals surface area contributed by atoms with Crippen LogP contribution in [0.25, 0.3) is 0 Å². The van der Waals surface area contributed by atoms with E-state index < -0.39 is 0 Å². The number of hydrogen-bond donors (Lipinski definition) is 1. The minimum atomic E-state index is -0.328. The number of amides is 2. The molecule has 4 rings (SSSR count). The molecule has 0 unspecified atom stereocenters. The highest BCUT2D eigenvalue weighted by molar-refractivity contribution is 8.00. The first kappa shape index (κ1) is 24.3. The van der Waals surface area contributed by atoms with Gasteiger partial charge in [0.15, 0.2) is 0 Å². The summed E-state index contributed by atoms with van der Waals surface area (Å²) in [6, 6.07) is 22.8. The van der Waals surface area contributed by atoms with Crippen molar-refractivity contribution in [1.82, 2.24) is 10.3 Å². The van der Waals surface area contributed by atoms with Gasteiger partial charge in [0.05, 0.1) is 26.2 Å². The largest absolute Gasteiger partial charge is 0.497 e. The predicted molar refractivity (Wildman–Crippen MR) is 138 cm³/mol. The average molecular weight is 490 g/mol. The molecule has 1 fully saturated rings. The summed E-state index contributed by atoms with van der Waals surface area (Å²) in [5.74, 6) is 1.55. The third kappa shape index (κ3) is 6.02. The fourth-order valence-electron chi connectivity index (χ4n) is 3.83. The Kier molecular flexibility index (Phi) is 8.05. The number of carbonyl (C=O) groups is 2. The Hall–Kier alpha value is -3.78. The molecule has 0 saturated carbocycles. The minimum absolute atomic E-state index is 0.0538. The zero-order valence-electron chi connectivity index (χ0n) is 19.6. The van der Waals surface area contributed by atoms with E-state index in [-0.39, 0.29) is 17.2 Å². The third-order valence-electron chi connectivity index (χ3n) is 5.72. The summed E-state index contributed by atoms with van der Waals surface area (Å²) in [6.07, 6.45) is 2.32. The Morgan fingerprint density at radius 1 is 1.09 bits per heavy atom. The molecule has 8 heteroatoms. The van der Waals surface area contributed by atoms with Gasteiger partial charge < -0.3 is 14.4 Å². The first-order valence-corrected chi connectivity index (χ1v) is 12.2. The molecule has 0 aromatic heterocycles. The molecule has 0 aliphatic carbocycles. The molecule has 1 atom stereocenters. The van der Waals surface area contributed by atoms with Crippen molar-refractivity contribution in [3.8, 4) is 11.5 Å². The van der Waals surface area contributed by atoms with Crippen molar-refractivity contribution in [2.45, 2.75) is 11.8 Å². The quantitative estimate of drug-likeness (QED) is 0.358. The normalized spacial score (nSPS) is 15.4. The van der Waals surface area contributed by atoms with Crippen molar-refractivity contribution in [3.05, 3.63) is 95.1 Å². The van der Waals surface area contributed by atoms with Crippen LogP contribution in [-0.2, 0) is 11.2 Å². The number of nitrogens with one attached hydrogen (secondary N) is 1. The van der Waals surface area contributed by atoms with Crippen LogP contribution in [0.1, 0.15) is 32.4 Å². The Morgan fingerprint density at radius 2 is 1.86 bits per heavy atom. The van der Waals surface area contributed by atoms with Crippen molar-refractivity contribution in [2.24, 2.45) is 5.10 Å². The smallest absolute Gasteiger partial charge is 0.271 e. The molecule has 1 saturated heterocycles. The molecule has 1 N–H and O–H groups in total. The van der Waals surface area contributed by atoms with Gasteiger partial charge in [-0.05, 0) is 47.9 Å². The molecule has 0 bridgehead atoms. The second-order valence-corrected chi connectivity index (χ2v) is 8.98. The van der Waals surface area contributed by atoms with E-state index in [4.69, 9.17) is 9.47 Å². The van der Waals surface area contributed by atoms with Gasteiger partial charge in [0.2, 0.25) is 5.91 Å². The third-order valence-corrected chi connectivity index (χ3v) is 6.97. The summed E-state index contributed by atoms with van der Waals surface area (Å²) >= 11 is 1.61. The second kappa shape index (κ2) is 11.6. The highest BCUT2D eigenvalue weighted by Crippen LogP contribution is 2.38. The number of hydrazone groups is 1. The minimum Gasteiger partial charge on any atom is -0.497 e. The number of carbonyl (C=O) groups excluding carboxylic acids is 2. The molecule has 7 nitrogen and oxygen atoms in total. The first-order valence-electron chi connectivity index (χ1n) is 11.2. The van der Waals surface area contributed by atoms with Crippen LogP contribution in [0.4, 0.5) is 0 Å². The molecule has 2 amide bonds. The Morgan fingerprint density at radius 3 is 2.57 bits per heavy atom. The van der Waals surface area contributed by atoms with Gasteiger partial charge in [0, 0.05) is 17.7 Å². The zero-order valence-corrected chi connectivity index (χ0v) is 20.5. The van der Waals surface area contributed by atoms with Crippen molar-refractivity contribution >= 4 is 29.8 Å². The van der Waals surface area contributed by atoms with Crippen LogP contribution in [0.2, 0.25) is 0 Å². The van der Waals surface area contributed by atoms with Crippen LogP contribution < -0.4 is 14.9 Å². The molecular formula is C27H27N3O4S.